The molecule has 2 aromatic carbocycles. The van der Waals surface area contributed by atoms with E-state index in [-0.39, 0.29) is 11.3 Å². The van der Waals surface area contributed by atoms with E-state index in [0.29, 0.717) is 17.7 Å². The van der Waals surface area contributed by atoms with Crippen LogP contribution < -0.4 is 5.56 Å². The minimum absolute atomic E-state index is 0.00418. The maximum atomic E-state index is 12.7. The third-order valence-corrected chi connectivity index (χ3v) is 3.98. The van der Waals surface area contributed by atoms with Crippen LogP contribution >= 0.6 is 0 Å². The second kappa shape index (κ2) is 11.7. The SMILES string of the molecule is CC.CC.CC(=O)c1ccc(-c2cncn(Cc3ccc(C)cc3)c2=O)cc1. The Hall–Kier alpha value is -3.01. The van der Waals surface area contributed by atoms with Gasteiger partial charge in [0, 0.05) is 11.8 Å². The molecule has 0 N–H and O–H groups in total. The lowest BCUT2D eigenvalue weighted by Gasteiger charge is -2.08. The van der Waals surface area contributed by atoms with Gasteiger partial charge in [-0.15, -0.1) is 0 Å². The molecule has 0 radical (unpaired) electrons. The van der Waals surface area contributed by atoms with Crippen molar-refractivity contribution in [3.05, 3.63) is 88.1 Å². The summed E-state index contributed by atoms with van der Waals surface area (Å²) in [5.41, 5.74) is 4.05. The number of hydrogen-bond acceptors (Lipinski definition) is 3. The van der Waals surface area contributed by atoms with Gasteiger partial charge in [-0.3, -0.25) is 14.2 Å². The molecule has 0 amide bonds. The molecule has 1 heterocycles. The zero-order valence-electron chi connectivity index (χ0n) is 17.7. The Bertz CT molecular complexity index is 924. The monoisotopic (exact) mass is 378 g/mol. The quantitative estimate of drug-likeness (QED) is 0.562. The van der Waals surface area contributed by atoms with Crippen molar-refractivity contribution in [3.8, 4) is 11.1 Å². The van der Waals surface area contributed by atoms with Crippen molar-refractivity contribution in [3.63, 3.8) is 0 Å². The summed E-state index contributed by atoms with van der Waals surface area (Å²) in [5.74, 6) is 0.00418. The molecule has 28 heavy (non-hydrogen) atoms. The fourth-order valence-corrected chi connectivity index (χ4v) is 2.54. The van der Waals surface area contributed by atoms with Gasteiger partial charge in [0.1, 0.15) is 0 Å². The third-order valence-electron chi connectivity index (χ3n) is 3.98. The van der Waals surface area contributed by atoms with E-state index in [9.17, 15) is 9.59 Å². The molecule has 0 aliphatic carbocycles. The first-order valence-corrected chi connectivity index (χ1v) is 9.76. The van der Waals surface area contributed by atoms with E-state index in [4.69, 9.17) is 0 Å². The molecule has 0 saturated carbocycles. The Morgan fingerprint density at radius 2 is 1.50 bits per heavy atom. The summed E-state index contributed by atoms with van der Waals surface area (Å²) in [4.78, 5) is 28.3. The first-order valence-electron chi connectivity index (χ1n) is 9.76. The van der Waals surface area contributed by atoms with Crippen LogP contribution in [0.2, 0.25) is 0 Å². The lowest BCUT2D eigenvalue weighted by Crippen LogP contribution is -2.22. The topological polar surface area (TPSA) is 52.0 Å². The first-order chi connectivity index (χ1) is 13.5. The third kappa shape index (κ3) is 6.02. The normalized spacial score (nSPS) is 9.50. The van der Waals surface area contributed by atoms with Crippen LogP contribution in [0.1, 0.15) is 56.1 Å². The number of carbonyl (C=O) groups excluding carboxylic acids is 1. The molecule has 0 saturated heterocycles. The van der Waals surface area contributed by atoms with Crippen molar-refractivity contribution in [2.24, 2.45) is 0 Å². The Kier molecular flexibility index (Phi) is 9.58. The van der Waals surface area contributed by atoms with Crippen LogP contribution in [0, 0.1) is 6.92 Å². The zero-order chi connectivity index (χ0) is 21.1. The fraction of sp³-hybridized carbons (Fsp3) is 0.292. The molecule has 3 rings (SSSR count). The van der Waals surface area contributed by atoms with Gasteiger partial charge < -0.3 is 0 Å². The molecule has 1 aromatic heterocycles. The van der Waals surface area contributed by atoms with E-state index < -0.39 is 0 Å². The first kappa shape index (κ1) is 23.0. The molecule has 0 unspecified atom stereocenters. The van der Waals surface area contributed by atoms with Crippen molar-refractivity contribution in [1.82, 2.24) is 9.55 Å². The van der Waals surface area contributed by atoms with Gasteiger partial charge in [0.15, 0.2) is 5.78 Å². The molecule has 4 nitrogen and oxygen atoms in total. The fourth-order valence-electron chi connectivity index (χ4n) is 2.54. The highest BCUT2D eigenvalue weighted by Gasteiger charge is 2.08. The average molecular weight is 379 g/mol. The summed E-state index contributed by atoms with van der Waals surface area (Å²) < 4.78 is 1.60. The van der Waals surface area contributed by atoms with E-state index in [1.807, 2.05) is 58.9 Å². The molecule has 0 aliphatic heterocycles. The van der Waals surface area contributed by atoms with E-state index in [1.165, 1.54) is 12.5 Å². The number of hydrogen-bond donors (Lipinski definition) is 0. The number of benzene rings is 2. The molecule has 3 aromatic rings. The van der Waals surface area contributed by atoms with Gasteiger partial charge in [-0.05, 0) is 25.0 Å². The van der Waals surface area contributed by atoms with Gasteiger partial charge in [-0.2, -0.15) is 0 Å². The van der Waals surface area contributed by atoms with Gasteiger partial charge in [0.25, 0.3) is 5.56 Å². The van der Waals surface area contributed by atoms with Gasteiger partial charge in [0.2, 0.25) is 0 Å². The van der Waals surface area contributed by atoms with Crippen LogP contribution in [0.25, 0.3) is 11.1 Å². The predicted molar refractivity (Wildman–Crippen MR) is 117 cm³/mol. The van der Waals surface area contributed by atoms with E-state index in [1.54, 1.807) is 41.4 Å². The second-order valence-electron chi connectivity index (χ2n) is 5.86. The Labute approximate surface area is 167 Å². The molecular formula is C24H30N2O2. The van der Waals surface area contributed by atoms with Crippen LogP contribution in [0.3, 0.4) is 0 Å². The van der Waals surface area contributed by atoms with Crippen molar-refractivity contribution >= 4 is 5.78 Å². The second-order valence-corrected chi connectivity index (χ2v) is 5.86. The summed E-state index contributed by atoms with van der Waals surface area (Å²) in [7, 11) is 0. The lowest BCUT2D eigenvalue weighted by atomic mass is 10.0. The molecule has 0 fully saturated rings. The van der Waals surface area contributed by atoms with E-state index in [2.05, 4.69) is 4.98 Å². The number of nitrogens with zero attached hydrogens (tertiary/aromatic N) is 2. The zero-order valence-corrected chi connectivity index (χ0v) is 17.7. The number of aromatic nitrogens is 2. The van der Waals surface area contributed by atoms with E-state index >= 15 is 0 Å². The van der Waals surface area contributed by atoms with Crippen LogP contribution in [0.15, 0.2) is 65.8 Å². The number of Topliss-reactive ketones (excluding diaryl/α,β-unsaturated/α-hetero) is 1. The molecule has 0 atom stereocenters. The van der Waals surface area contributed by atoms with Gasteiger partial charge in [-0.25, -0.2) is 4.98 Å². The Balaban J connectivity index is 0.000000921. The highest BCUT2D eigenvalue weighted by Crippen LogP contribution is 2.16. The number of aryl methyl sites for hydroxylation is 1. The van der Waals surface area contributed by atoms with Crippen molar-refractivity contribution in [2.75, 3.05) is 0 Å². The molecular weight excluding hydrogens is 348 g/mol. The highest BCUT2D eigenvalue weighted by molar-refractivity contribution is 5.94. The van der Waals surface area contributed by atoms with Crippen LogP contribution in [-0.2, 0) is 6.54 Å². The Morgan fingerprint density at radius 1 is 0.929 bits per heavy atom. The molecule has 0 aliphatic rings. The number of rotatable bonds is 4. The summed E-state index contributed by atoms with van der Waals surface area (Å²) in [5, 5.41) is 0. The summed E-state index contributed by atoms with van der Waals surface area (Å²) in [6.45, 7) is 12.0. The molecule has 4 heteroatoms. The van der Waals surface area contributed by atoms with Crippen molar-refractivity contribution in [1.29, 1.82) is 0 Å². The highest BCUT2D eigenvalue weighted by atomic mass is 16.1. The molecule has 148 valence electrons. The van der Waals surface area contributed by atoms with Crippen molar-refractivity contribution < 1.29 is 4.79 Å². The van der Waals surface area contributed by atoms with Gasteiger partial charge >= 0.3 is 0 Å². The molecule has 0 spiro atoms. The maximum Gasteiger partial charge on any atom is 0.261 e. The summed E-state index contributed by atoms with van der Waals surface area (Å²) >= 11 is 0. The van der Waals surface area contributed by atoms with Gasteiger partial charge in [-0.1, -0.05) is 81.8 Å². The smallest absolute Gasteiger partial charge is 0.261 e. The average Bonchev–Trinajstić information content (AvgIpc) is 2.74. The largest absolute Gasteiger partial charge is 0.295 e. The predicted octanol–water partition coefficient (Wildman–Crippen LogP) is 5.52. The Morgan fingerprint density at radius 3 is 2.04 bits per heavy atom. The minimum Gasteiger partial charge on any atom is -0.295 e. The van der Waals surface area contributed by atoms with Crippen LogP contribution in [0.4, 0.5) is 0 Å². The number of carbonyl (C=O) groups is 1. The summed E-state index contributed by atoms with van der Waals surface area (Å²) in [6, 6.07) is 15.1. The van der Waals surface area contributed by atoms with Crippen LogP contribution in [0.5, 0.6) is 0 Å². The van der Waals surface area contributed by atoms with Crippen molar-refractivity contribution in [2.45, 2.75) is 48.1 Å². The number of ketones is 1. The van der Waals surface area contributed by atoms with Crippen LogP contribution in [-0.4, -0.2) is 15.3 Å². The lowest BCUT2D eigenvalue weighted by molar-refractivity contribution is 0.101. The van der Waals surface area contributed by atoms with E-state index in [0.717, 1.165) is 11.1 Å². The van der Waals surface area contributed by atoms with Gasteiger partial charge in [0.05, 0.1) is 18.4 Å². The minimum atomic E-state index is -0.0962. The standard InChI is InChI=1S/C20H18N2O2.2C2H6/c1-14-3-5-16(6-4-14)12-22-13-21-11-19(20(22)24)18-9-7-17(8-10-18)15(2)23;2*1-2/h3-11,13H,12H2,1-2H3;2*1-2H3. The summed E-state index contributed by atoms with van der Waals surface area (Å²) in [6.07, 6.45) is 3.12. The molecule has 0 bridgehead atoms. The maximum absolute atomic E-state index is 12.7.